The molecule has 2 unspecified atom stereocenters. The molecule has 20 heavy (non-hydrogen) atoms. The molecule has 1 heterocycles. The van der Waals surface area contributed by atoms with Gasteiger partial charge in [0, 0.05) is 19.1 Å². The average Bonchev–Trinajstić information content (AvgIpc) is 2.77. The Kier molecular flexibility index (Phi) is 3.33. The van der Waals surface area contributed by atoms with Crippen molar-refractivity contribution in [3.8, 4) is 0 Å². The van der Waals surface area contributed by atoms with Gasteiger partial charge in [0.05, 0.1) is 5.92 Å². The lowest BCUT2D eigenvalue weighted by molar-refractivity contribution is -0.140. The Hall–Kier alpha value is -1.35. The molecule has 1 aliphatic heterocycles. The highest BCUT2D eigenvalue weighted by atomic mass is 16.4. The van der Waals surface area contributed by atoms with E-state index in [1.165, 1.54) is 24.8 Å². The fourth-order valence-corrected chi connectivity index (χ4v) is 4.07. The summed E-state index contributed by atoms with van der Waals surface area (Å²) in [6.07, 6.45) is 3.70. The number of rotatable bonds is 2. The van der Waals surface area contributed by atoms with Gasteiger partial charge in [0.2, 0.25) is 0 Å². The molecule has 0 amide bonds. The van der Waals surface area contributed by atoms with Gasteiger partial charge in [0.15, 0.2) is 0 Å². The number of hydrogen-bond donors (Lipinski definition) is 1. The summed E-state index contributed by atoms with van der Waals surface area (Å²) in [5.41, 5.74) is 2.50. The first-order chi connectivity index (χ1) is 9.49. The summed E-state index contributed by atoms with van der Waals surface area (Å²) in [7, 11) is 0. The van der Waals surface area contributed by atoms with Crippen LogP contribution >= 0.6 is 0 Å². The molecule has 1 fully saturated rings. The Balaban J connectivity index is 1.92. The summed E-state index contributed by atoms with van der Waals surface area (Å²) < 4.78 is 0. The second-order valence-electron chi connectivity index (χ2n) is 6.92. The van der Waals surface area contributed by atoms with E-state index in [1.54, 1.807) is 0 Å². The summed E-state index contributed by atoms with van der Waals surface area (Å²) in [6, 6.07) is 8.54. The van der Waals surface area contributed by atoms with Crippen molar-refractivity contribution in [2.75, 3.05) is 6.54 Å². The molecule has 1 aliphatic carbocycles. The van der Waals surface area contributed by atoms with Crippen LogP contribution in [0, 0.1) is 5.41 Å². The molecule has 1 aromatic rings. The molecule has 3 nitrogen and oxygen atoms in total. The van der Waals surface area contributed by atoms with Crippen LogP contribution in [-0.4, -0.2) is 28.6 Å². The van der Waals surface area contributed by atoms with Gasteiger partial charge in [-0.05, 0) is 29.4 Å². The molecular weight excluding hydrogens is 250 g/mol. The minimum atomic E-state index is -0.696. The number of fused-ring (bicyclic) bond motifs is 1. The van der Waals surface area contributed by atoms with E-state index in [1.807, 2.05) is 18.2 Å². The van der Waals surface area contributed by atoms with Gasteiger partial charge >= 0.3 is 5.97 Å². The monoisotopic (exact) mass is 273 g/mol. The van der Waals surface area contributed by atoms with Gasteiger partial charge in [-0.3, -0.25) is 9.69 Å². The summed E-state index contributed by atoms with van der Waals surface area (Å²) in [5.74, 6) is -1.07. The largest absolute Gasteiger partial charge is 0.481 e. The van der Waals surface area contributed by atoms with E-state index in [4.69, 9.17) is 0 Å². The summed E-state index contributed by atoms with van der Waals surface area (Å²) in [4.78, 5) is 14.0. The lowest BCUT2D eigenvalue weighted by Gasteiger charge is -2.42. The number of hydrogen-bond acceptors (Lipinski definition) is 2. The van der Waals surface area contributed by atoms with E-state index in [0.717, 1.165) is 12.1 Å². The van der Waals surface area contributed by atoms with E-state index in [9.17, 15) is 9.90 Å². The van der Waals surface area contributed by atoms with Crippen LogP contribution in [0.15, 0.2) is 24.3 Å². The fraction of sp³-hybridized carbons (Fsp3) is 0.588. The van der Waals surface area contributed by atoms with E-state index in [-0.39, 0.29) is 5.92 Å². The zero-order valence-corrected chi connectivity index (χ0v) is 12.3. The average molecular weight is 273 g/mol. The number of benzene rings is 1. The smallest absolute Gasteiger partial charge is 0.312 e. The second kappa shape index (κ2) is 4.88. The van der Waals surface area contributed by atoms with Gasteiger partial charge in [-0.1, -0.05) is 44.5 Å². The van der Waals surface area contributed by atoms with Crippen LogP contribution in [-0.2, 0) is 11.3 Å². The zero-order valence-electron chi connectivity index (χ0n) is 12.3. The molecule has 1 aromatic carbocycles. The first kappa shape index (κ1) is 13.6. The Bertz CT molecular complexity index is 523. The minimum Gasteiger partial charge on any atom is -0.481 e. The summed E-state index contributed by atoms with van der Waals surface area (Å²) in [6.45, 7) is 6.19. The lowest BCUT2D eigenvalue weighted by atomic mass is 9.83. The van der Waals surface area contributed by atoms with Crippen molar-refractivity contribution in [3.05, 3.63) is 35.4 Å². The van der Waals surface area contributed by atoms with E-state index >= 15 is 0 Å². The molecular formula is C17H23NO2. The number of carboxylic acids is 1. The predicted octanol–water partition coefficient (Wildman–Crippen LogP) is 3.25. The molecule has 0 aromatic heterocycles. The predicted molar refractivity (Wildman–Crippen MR) is 78.6 cm³/mol. The fourth-order valence-electron chi connectivity index (χ4n) is 4.07. The van der Waals surface area contributed by atoms with Crippen LogP contribution in [0.25, 0.3) is 0 Å². The van der Waals surface area contributed by atoms with Gasteiger partial charge in [0.1, 0.15) is 0 Å². The lowest BCUT2D eigenvalue weighted by Crippen LogP contribution is -2.47. The minimum absolute atomic E-state index is 0.301. The molecule has 3 heteroatoms. The van der Waals surface area contributed by atoms with Gasteiger partial charge in [-0.25, -0.2) is 0 Å². The number of carboxylic acid groups (broad SMARTS) is 1. The van der Waals surface area contributed by atoms with Gasteiger partial charge in [-0.2, -0.15) is 0 Å². The summed E-state index contributed by atoms with van der Waals surface area (Å²) in [5, 5.41) is 9.55. The molecule has 0 bridgehead atoms. The van der Waals surface area contributed by atoms with Crippen molar-refractivity contribution in [2.24, 2.45) is 5.41 Å². The van der Waals surface area contributed by atoms with Gasteiger partial charge in [0.25, 0.3) is 0 Å². The Morgan fingerprint density at radius 2 is 2.10 bits per heavy atom. The molecule has 1 N–H and O–H groups in total. The maximum atomic E-state index is 11.6. The van der Waals surface area contributed by atoms with Crippen LogP contribution < -0.4 is 0 Å². The van der Waals surface area contributed by atoms with Crippen LogP contribution in [0.3, 0.4) is 0 Å². The first-order valence-electron chi connectivity index (χ1n) is 7.54. The first-order valence-corrected chi connectivity index (χ1v) is 7.54. The Morgan fingerprint density at radius 3 is 2.75 bits per heavy atom. The number of nitrogens with zero attached hydrogens (tertiary/aromatic N) is 1. The highest BCUT2D eigenvalue weighted by Crippen LogP contribution is 2.43. The molecule has 1 saturated carbocycles. The standard InChI is InChI=1S/C17H23NO2/c1-17(2)9-5-8-15(17)18-10-12-6-3-4-7-13(12)14(11-18)16(19)20/h3-4,6-7,14-15H,5,8-11H2,1-2H3,(H,19,20). The van der Waals surface area contributed by atoms with Crippen LogP contribution in [0.5, 0.6) is 0 Å². The van der Waals surface area contributed by atoms with Crippen molar-refractivity contribution in [2.45, 2.75) is 51.6 Å². The third-order valence-electron chi connectivity index (χ3n) is 5.16. The van der Waals surface area contributed by atoms with E-state index in [2.05, 4.69) is 24.8 Å². The molecule has 0 spiro atoms. The molecule has 3 rings (SSSR count). The van der Waals surface area contributed by atoms with E-state index < -0.39 is 5.97 Å². The molecule has 0 saturated heterocycles. The number of aliphatic carboxylic acids is 1. The third-order valence-corrected chi connectivity index (χ3v) is 5.16. The quantitative estimate of drug-likeness (QED) is 0.899. The number of carbonyl (C=O) groups is 1. The molecule has 0 radical (unpaired) electrons. The van der Waals surface area contributed by atoms with Crippen LogP contribution in [0.2, 0.25) is 0 Å². The van der Waals surface area contributed by atoms with Crippen molar-refractivity contribution in [1.29, 1.82) is 0 Å². The van der Waals surface area contributed by atoms with Gasteiger partial charge in [-0.15, -0.1) is 0 Å². The second-order valence-corrected chi connectivity index (χ2v) is 6.92. The Morgan fingerprint density at radius 1 is 1.35 bits per heavy atom. The normalized spacial score (nSPS) is 29.1. The third kappa shape index (κ3) is 2.24. The molecule has 2 atom stereocenters. The highest BCUT2D eigenvalue weighted by Gasteiger charge is 2.41. The SMILES string of the molecule is CC1(C)CCCC1N1Cc2ccccc2C(C(=O)O)C1. The molecule has 2 aliphatic rings. The van der Waals surface area contributed by atoms with Crippen LogP contribution in [0.1, 0.15) is 50.2 Å². The van der Waals surface area contributed by atoms with Crippen molar-refractivity contribution >= 4 is 5.97 Å². The zero-order chi connectivity index (χ0) is 14.3. The van der Waals surface area contributed by atoms with Crippen molar-refractivity contribution < 1.29 is 9.90 Å². The van der Waals surface area contributed by atoms with Crippen molar-refractivity contribution in [1.82, 2.24) is 4.90 Å². The maximum Gasteiger partial charge on any atom is 0.312 e. The maximum absolute atomic E-state index is 11.6. The van der Waals surface area contributed by atoms with Gasteiger partial charge < -0.3 is 5.11 Å². The summed E-state index contributed by atoms with van der Waals surface area (Å²) >= 11 is 0. The van der Waals surface area contributed by atoms with Crippen molar-refractivity contribution in [3.63, 3.8) is 0 Å². The molecule has 108 valence electrons. The van der Waals surface area contributed by atoms with Crippen LogP contribution in [0.4, 0.5) is 0 Å². The highest BCUT2D eigenvalue weighted by molar-refractivity contribution is 5.77. The topological polar surface area (TPSA) is 40.5 Å². The van der Waals surface area contributed by atoms with E-state index in [0.29, 0.717) is 18.0 Å². The Labute approximate surface area is 120 Å².